The fourth-order valence-electron chi connectivity index (χ4n) is 2.94. The van der Waals surface area contributed by atoms with Gasteiger partial charge in [0.05, 0.1) is 11.8 Å². The Morgan fingerprint density at radius 3 is 2.57 bits per heavy atom. The van der Waals surface area contributed by atoms with Gasteiger partial charge < -0.3 is 4.74 Å². The Morgan fingerprint density at radius 2 is 1.80 bits per heavy atom. The number of ether oxygens (including phenoxy) is 1. The summed E-state index contributed by atoms with van der Waals surface area (Å²) in [5.41, 5.74) is 4.71. The van der Waals surface area contributed by atoms with Crippen molar-refractivity contribution >= 4 is 28.9 Å². The molecule has 30 heavy (non-hydrogen) atoms. The first-order chi connectivity index (χ1) is 14.6. The Hall–Kier alpha value is -4.26. The molecule has 0 radical (unpaired) electrons. The number of amides is 1. The number of rotatable bonds is 5. The molecule has 0 spiro atoms. The molecule has 0 fully saturated rings. The molecule has 4 aromatic rings. The maximum Gasteiger partial charge on any atom is 0.344 e. The third-order valence-corrected chi connectivity index (χ3v) is 4.42. The summed E-state index contributed by atoms with van der Waals surface area (Å²) in [7, 11) is 0. The first-order valence-electron chi connectivity index (χ1n) is 9.25. The van der Waals surface area contributed by atoms with Crippen LogP contribution in [0.25, 0.3) is 10.8 Å². The monoisotopic (exact) mass is 398 g/mol. The molecule has 0 unspecified atom stereocenters. The third kappa shape index (κ3) is 4.25. The van der Waals surface area contributed by atoms with Gasteiger partial charge in [0.25, 0.3) is 5.91 Å². The van der Waals surface area contributed by atoms with Crippen LogP contribution in [0.2, 0.25) is 0 Å². The number of nitrogens with zero attached hydrogens (tertiary/aromatic N) is 2. The molecule has 1 aromatic heterocycles. The number of esters is 1. The fourth-order valence-corrected chi connectivity index (χ4v) is 2.94. The van der Waals surface area contributed by atoms with E-state index in [2.05, 4.69) is 20.7 Å². The SMILES string of the molecule is Cc1cc(C(=O)NN=Cc2ccc(OC(=O)c3cccc4ccccc34)cc2)n[nH]1. The lowest BCUT2D eigenvalue weighted by molar-refractivity contribution is 0.0736. The maximum atomic E-state index is 12.6. The second-order valence-corrected chi connectivity index (χ2v) is 6.62. The van der Waals surface area contributed by atoms with Gasteiger partial charge >= 0.3 is 5.97 Å². The van der Waals surface area contributed by atoms with E-state index in [1.807, 2.05) is 43.3 Å². The van der Waals surface area contributed by atoms with E-state index in [0.717, 1.165) is 22.0 Å². The highest BCUT2D eigenvalue weighted by Crippen LogP contribution is 2.21. The van der Waals surface area contributed by atoms with Crippen molar-refractivity contribution < 1.29 is 14.3 Å². The molecule has 7 nitrogen and oxygen atoms in total. The normalized spacial score (nSPS) is 11.0. The molecule has 0 saturated heterocycles. The minimum Gasteiger partial charge on any atom is -0.423 e. The van der Waals surface area contributed by atoms with Crippen LogP contribution in [0.15, 0.2) is 77.9 Å². The van der Waals surface area contributed by atoms with Crippen molar-refractivity contribution in [2.75, 3.05) is 0 Å². The summed E-state index contributed by atoms with van der Waals surface area (Å²) in [6.07, 6.45) is 1.49. The second-order valence-electron chi connectivity index (χ2n) is 6.62. The molecule has 4 rings (SSSR count). The van der Waals surface area contributed by atoms with Gasteiger partial charge in [0, 0.05) is 5.69 Å². The van der Waals surface area contributed by atoms with Crippen LogP contribution in [0, 0.1) is 6.92 Å². The van der Waals surface area contributed by atoms with Gasteiger partial charge in [-0.05, 0) is 59.7 Å². The number of hydrogen-bond acceptors (Lipinski definition) is 5. The molecule has 148 valence electrons. The number of hydrogen-bond donors (Lipinski definition) is 2. The van der Waals surface area contributed by atoms with E-state index in [1.54, 1.807) is 36.4 Å². The van der Waals surface area contributed by atoms with Crippen LogP contribution in [-0.2, 0) is 0 Å². The second kappa shape index (κ2) is 8.40. The van der Waals surface area contributed by atoms with Gasteiger partial charge in [0.2, 0.25) is 0 Å². The first-order valence-corrected chi connectivity index (χ1v) is 9.25. The minimum atomic E-state index is -0.422. The highest BCUT2D eigenvalue weighted by Gasteiger charge is 2.12. The van der Waals surface area contributed by atoms with Gasteiger partial charge in [-0.2, -0.15) is 10.2 Å². The van der Waals surface area contributed by atoms with Crippen molar-refractivity contribution in [3.63, 3.8) is 0 Å². The van der Waals surface area contributed by atoms with Crippen LogP contribution >= 0.6 is 0 Å². The van der Waals surface area contributed by atoms with E-state index in [-0.39, 0.29) is 5.69 Å². The number of hydrazone groups is 1. The number of aromatic nitrogens is 2. The molecule has 0 bridgehead atoms. The Kier molecular flexibility index (Phi) is 5.34. The van der Waals surface area contributed by atoms with E-state index >= 15 is 0 Å². The number of aryl methyl sites for hydroxylation is 1. The summed E-state index contributed by atoms with van der Waals surface area (Å²) in [4.78, 5) is 24.5. The van der Waals surface area contributed by atoms with Crippen molar-refractivity contribution in [1.82, 2.24) is 15.6 Å². The standard InChI is InChI=1S/C23H18N4O3/c1-15-13-21(26-25-15)22(28)27-24-14-16-9-11-18(12-10-16)30-23(29)20-8-4-6-17-5-2-3-7-19(17)20/h2-14H,1H3,(H,25,26)(H,27,28). The topological polar surface area (TPSA) is 96.4 Å². The quantitative estimate of drug-likeness (QED) is 0.231. The molecular formula is C23H18N4O3. The molecule has 2 N–H and O–H groups in total. The largest absolute Gasteiger partial charge is 0.423 e. The Morgan fingerprint density at radius 1 is 1.03 bits per heavy atom. The first kappa shape index (κ1) is 19.1. The molecule has 1 heterocycles. The summed E-state index contributed by atoms with van der Waals surface area (Å²) in [6, 6.07) is 21.6. The molecule has 0 aliphatic carbocycles. The minimum absolute atomic E-state index is 0.264. The fraction of sp³-hybridized carbons (Fsp3) is 0.0435. The Labute approximate surface area is 172 Å². The molecular weight excluding hydrogens is 380 g/mol. The van der Waals surface area contributed by atoms with Crippen LogP contribution in [-0.4, -0.2) is 28.3 Å². The lowest BCUT2D eigenvalue weighted by Gasteiger charge is -2.07. The summed E-state index contributed by atoms with van der Waals surface area (Å²) in [5.74, 6) is -0.410. The zero-order valence-corrected chi connectivity index (χ0v) is 16.1. The summed E-state index contributed by atoms with van der Waals surface area (Å²) in [5, 5.41) is 12.3. The molecule has 3 aromatic carbocycles. The lowest BCUT2D eigenvalue weighted by atomic mass is 10.0. The highest BCUT2D eigenvalue weighted by atomic mass is 16.5. The average molecular weight is 398 g/mol. The summed E-state index contributed by atoms with van der Waals surface area (Å²) >= 11 is 0. The third-order valence-electron chi connectivity index (χ3n) is 4.42. The summed E-state index contributed by atoms with van der Waals surface area (Å²) < 4.78 is 5.50. The Balaban J connectivity index is 1.39. The van der Waals surface area contributed by atoms with Gasteiger partial charge in [-0.1, -0.05) is 36.4 Å². The van der Waals surface area contributed by atoms with E-state index in [1.165, 1.54) is 6.21 Å². The zero-order valence-electron chi connectivity index (χ0n) is 16.1. The van der Waals surface area contributed by atoms with Gasteiger partial charge in [0.1, 0.15) is 5.75 Å². The highest BCUT2D eigenvalue weighted by molar-refractivity contribution is 6.05. The predicted octanol–water partition coefficient (Wildman–Crippen LogP) is 3.85. The number of carbonyl (C=O) groups excluding carboxylic acids is 2. The van der Waals surface area contributed by atoms with Crippen molar-refractivity contribution in [2.45, 2.75) is 6.92 Å². The molecule has 0 saturated carbocycles. The predicted molar refractivity (Wildman–Crippen MR) is 114 cm³/mol. The molecule has 7 heteroatoms. The molecule has 0 atom stereocenters. The van der Waals surface area contributed by atoms with Gasteiger partial charge in [-0.3, -0.25) is 9.89 Å². The number of benzene rings is 3. The van der Waals surface area contributed by atoms with Gasteiger partial charge in [0.15, 0.2) is 5.69 Å². The van der Waals surface area contributed by atoms with Crippen molar-refractivity contribution in [3.05, 3.63) is 95.3 Å². The van der Waals surface area contributed by atoms with Crippen LogP contribution in [0.1, 0.15) is 32.1 Å². The number of carbonyl (C=O) groups is 2. The van der Waals surface area contributed by atoms with E-state index in [9.17, 15) is 9.59 Å². The van der Waals surface area contributed by atoms with Crippen LogP contribution < -0.4 is 10.2 Å². The van der Waals surface area contributed by atoms with Crippen LogP contribution in [0.4, 0.5) is 0 Å². The molecule has 0 aliphatic heterocycles. The van der Waals surface area contributed by atoms with Gasteiger partial charge in [-0.25, -0.2) is 10.2 Å². The Bertz CT molecular complexity index is 1240. The molecule has 1 amide bonds. The number of H-pyrrole nitrogens is 1. The number of fused-ring (bicyclic) bond motifs is 1. The number of aromatic amines is 1. The van der Waals surface area contributed by atoms with E-state index in [0.29, 0.717) is 11.3 Å². The van der Waals surface area contributed by atoms with E-state index in [4.69, 9.17) is 4.74 Å². The maximum absolute atomic E-state index is 12.6. The van der Waals surface area contributed by atoms with Crippen molar-refractivity contribution in [1.29, 1.82) is 0 Å². The van der Waals surface area contributed by atoms with Gasteiger partial charge in [-0.15, -0.1) is 0 Å². The smallest absolute Gasteiger partial charge is 0.344 e. The van der Waals surface area contributed by atoms with Crippen molar-refractivity contribution in [2.24, 2.45) is 5.10 Å². The average Bonchev–Trinajstić information content (AvgIpc) is 3.21. The van der Waals surface area contributed by atoms with Crippen LogP contribution in [0.5, 0.6) is 5.75 Å². The van der Waals surface area contributed by atoms with E-state index < -0.39 is 11.9 Å². The number of nitrogens with one attached hydrogen (secondary N) is 2. The summed E-state index contributed by atoms with van der Waals surface area (Å²) in [6.45, 7) is 1.81. The van der Waals surface area contributed by atoms with Crippen LogP contribution in [0.3, 0.4) is 0 Å². The lowest BCUT2D eigenvalue weighted by Crippen LogP contribution is -2.18. The van der Waals surface area contributed by atoms with Crippen molar-refractivity contribution in [3.8, 4) is 5.75 Å². The zero-order chi connectivity index (χ0) is 20.9. The molecule has 0 aliphatic rings.